The number of ether oxygens (including phenoxy) is 1. The quantitative estimate of drug-likeness (QED) is 0.712. The third-order valence-corrected chi connectivity index (χ3v) is 3.00. The maximum atomic E-state index is 13.2. The summed E-state index contributed by atoms with van der Waals surface area (Å²) in [5.41, 5.74) is 0.0814. The number of carbonyl (C=O) groups is 1. The average Bonchev–Trinajstić information content (AvgIpc) is 2.58. The van der Waals surface area contributed by atoms with Gasteiger partial charge < -0.3 is 4.74 Å². The number of carbonyl (C=O) groups excluding carboxylic acids is 1. The Hall–Kier alpha value is -1.42. The van der Waals surface area contributed by atoms with Gasteiger partial charge in [-0.2, -0.15) is 0 Å². The zero-order valence-corrected chi connectivity index (χ0v) is 8.23. The number of hydrogen-bond donors (Lipinski definition) is 0. The molecule has 2 rings (SSSR count). The summed E-state index contributed by atoms with van der Waals surface area (Å²) in [7, 11) is 1.56. The molecule has 1 aromatic heterocycles. The molecule has 0 saturated carbocycles. The van der Waals surface area contributed by atoms with Gasteiger partial charge in [-0.1, -0.05) is 11.3 Å². The van der Waals surface area contributed by atoms with E-state index in [1.54, 1.807) is 13.2 Å². The number of methoxy groups -OCH3 is 1. The Balaban J connectivity index is 2.69. The molecular weight excluding hydrogens is 203 g/mol. The highest BCUT2D eigenvalue weighted by Crippen LogP contribution is 2.32. The fourth-order valence-corrected chi connectivity index (χ4v) is 2.13. The Morgan fingerprint density at radius 2 is 2.21 bits per heavy atom. The smallest absolute Gasteiger partial charge is 0.174 e. The molecule has 0 unspecified atom stereocenters. The van der Waals surface area contributed by atoms with Crippen molar-refractivity contribution in [1.82, 2.24) is 0 Å². The lowest BCUT2D eigenvalue weighted by Gasteiger charge is -1.93. The van der Waals surface area contributed by atoms with E-state index in [9.17, 15) is 9.18 Å². The van der Waals surface area contributed by atoms with Gasteiger partial charge in [-0.05, 0) is 23.6 Å². The van der Waals surface area contributed by atoms with Gasteiger partial charge in [0.2, 0.25) is 0 Å². The fraction of sp³-hybridized carbons (Fsp3) is 0.100. The summed E-state index contributed by atoms with van der Waals surface area (Å²) in [6.07, 6.45) is 0.513. The average molecular weight is 210 g/mol. The van der Waals surface area contributed by atoms with Crippen LogP contribution in [0.25, 0.3) is 10.1 Å². The van der Waals surface area contributed by atoms with Crippen LogP contribution in [-0.4, -0.2) is 13.4 Å². The summed E-state index contributed by atoms with van der Waals surface area (Å²) >= 11 is 1.35. The minimum absolute atomic E-state index is 0.0814. The summed E-state index contributed by atoms with van der Waals surface area (Å²) in [5.74, 6) is -0.489. The summed E-state index contributed by atoms with van der Waals surface area (Å²) in [5, 5.41) is 1.54. The van der Waals surface area contributed by atoms with Crippen molar-refractivity contribution in [3.63, 3.8) is 0 Å². The molecule has 0 spiro atoms. The van der Waals surface area contributed by atoms with Gasteiger partial charge in [0.1, 0.15) is 5.82 Å². The van der Waals surface area contributed by atoms with E-state index >= 15 is 0 Å². The zero-order chi connectivity index (χ0) is 10.1. The van der Waals surface area contributed by atoms with Crippen molar-refractivity contribution >= 4 is 27.7 Å². The molecule has 4 heteroatoms. The lowest BCUT2D eigenvalue weighted by Crippen LogP contribution is -1.85. The second-order valence-corrected chi connectivity index (χ2v) is 3.85. The second-order valence-electron chi connectivity index (χ2n) is 2.80. The van der Waals surface area contributed by atoms with E-state index in [1.807, 2.05) is 0 Å². The standard InChI is InChI=1S/C10H7FO2S/c1-13-10-3-6-2-7(5-12)8(11)4-9(6)14-10/h2-5H,1H3. The molecule has 1 heterocycles. The highest BCUT2D eigenvalue weighted by Gasteiger charge is 2.07. The van der Waals surface area contributed by atoms with Crippen LogP contribution < -0.4 is 4.74 Å². The highest BCUT2D eigenvalue weighted by atomic mass is 32.1. The van der Waals surface area contributed by atoms with Crippen LogP contribution in [0.3, 0.4) is 0 Å². The van der Waals surface area contributed by atoms with Crippen molar-refractivity contribution in [3.05, 3.63) is 29.6 Å². The molecule has 0 fully saturated rings. The lowest BCUT2D eigenvalue weighted by atomic mass is 10.2. The maximum Gasteiger partial charge on any atom is 0.174 e. The Bertz CT molecular complexity index is 490. The number of halogens is 1. The maximum absolute atomic E-state index is 13.2. The van der Waals surface area contributed by atoms with Crippen LogP contribution in [0.4, 0.5) is 4.39 Å². The summed E-state index contributed by atoms with van der Waals surface area (Å²) in [4.78, 5) is 10.5. The minimum Gasteiger partial charge on any atom is -0.487 e. The molecule has 0 N–H and O–H groups in total. The molecule has 72 valence electrons. The van der Waals surface area contributed by atoms with Crippen LogP contribution in [0.1, 0.15) is 10.4 Å². The first-order chi connectivity index (χ1) is 6.74. The van der Waals surface area contributed by atoms with Gasteiger partial charge in [-0.3, -0.25) is 4.79 Å². The third kappa shape index (κ3) is 1.37. The molecule has 14 heavy (non-hydrogen) atoms. The molecule has 1 aromatic carbocycles. The Morgan fingerprint density at radius 1 is 1.43 bits per heavy atom. The zero-order valence-electron chi connectivity index (χ0n) is 7.41. The number of hydrogen-bond acceptors (Lipinski definition) is 3. The highest BCUT2D eigenvalue weighted by molar-refractivity contribution is 7.20. The molecule has 0 bridgehead atoms. The Labute approximate surface area is 83.9 Å². The molecular formula is C10H7FO2S. The molecule has 0 aliphatic rings. The largest absolute Gasteiger partial charge is 0.487 e. The summed E-state index contributed by atoms with van der Waals surface area (Å²) < 4.78 is 19.0. The van der Waals surface area contributed by atoms with E-state index in [0.29, 0.717) is 11.3 Å². The first-order valence-electron chi connectivity index (χ1n) is 3.97. The molecule has 2 aromatic rings. The lowest BCUT2D eigenvalue weighted by molar-refractivity contribution is 0.112. The first-order valence-corrected chi connectivity index (χ1v) is 4.78. The molecule has 0 aliphatic heterocycles. The Kier molecular flexibility index (Phi) is 2.21. The van der Waals surface area contributed by atoms with E-state index in [4.69, 9.17) is 4.74 Å². The van der Waals surface area contributed by atoms with E-state index in [0.717, 1.165) is 10.1 Å². The number of thiophene rings is 1. The van der Waals surface area contributed by atoms with Crippen LogP contribution in [0.5, 0.6) is 5.06 Å². The van der Waals surface area contributed by atoms with E-state index < -0.39 is 5.82 Å². The minimum atomic E-state index is -0.489. The molecule has 0 amide bonds. The second kappa shape index (κ2) is 3.38. The van der Waals surface area contributed by atoms with Gasteiger partial charge in [-0.15, -0.1) is 0 Å². The van der Waals surface area contributed by atoms with Crippen LogP contribution >= 0.6 is 11.3 Å². The SMILES string of the molecule is COc1cc2cc(C=O)c(F)cc2s1. The number of rotatable bonds is 2. The van der Waals surface area contributed by atoms with Gasteiger partial charge in [-0.25, -0.2) is 4.39 Å². The van der Waals surface area contributed by atoms with E-state index in [-0.39, 0.29) is 5.56 Å². The van der Waals surface area contributed by atoms with Crippen molar-refractivity contribution < 1.29 is 13.9 Å². The van der Waals surface area contributed by atoms with Crippen molar-refractivity contribution in [2.75, 3.05) is 7.11 Å². The van der Waals surface area contributed by atoms with Crippen LogP contribution in [0, 0.1) is 5.82 Å². The fourth-order valence-electron chi connectivity index (χ4n) is 1.25. The van der Waals surface area contributed by atoms with Gasteiger partial charge in [0, 0.05) is 4.70 Å². The third-order valence-electron chi connectivity index (χ3n) is 1.94. The van der Waals surface area contributed by atoms with Gasteiger partial charge in [0.15, 0.2) is 11.3 Å². The first kappa shape index (κ1) is 9.15. The molecule has 0 atom stereocenters. The van der Waals surface area contributed by atoms with Crippen LogP contribution in [0.2, 0.25) is 0 Å². The van der Waals surface area contributed by atoms with Gasteiger partial charge >= 0.3 is 0 Å². The van der Waals surface area contributed by atoms with Crippen molar-refractivity contribution in [2.24, 2.45) is 0 Å². The van der Waals surface area contributed by atoms with Crippen molar-refractivity contribution in [3.8, 4) is 5.06 Å². The molecule has 2 nitrogen and oxygen atoms in total. The van der Waals surface area contributed by atoms with Gasteiger partial charge in [0.05, 0.1) is 12.7 Å². The predicted molar refractivity (Wildman–Crippen MR) is 53.7 cm³/mol. The number of benzene rings is 1. The van der Waals surface area contributed by atoms with Gasteiger partial charge in [0.25, 0.3) is 0 Å². The normalized spacial score (nSPS) is 10.4. The van der Waals surface area contributed by atoms with Crippen molar-refractivity contribution in [1.29, 1.82) is 0 Å². The molecule has 0 radical (unpaired) electrons. The topological polar surface area (TPSA) is 26.3 Å². The van der Waals surface area contributed by atoms with E-state index in [2.05, 4.69) is 0 Å². The summed E-state index contributed by atoms with van der Waals surface area (Å²) in [6, 6.07) is 4.66. The van der Waals surface area contributed by atoms with Crippen molar-refractivity contribution in [2.45, 2.75) is 0 Å². The van der Waals surface area contributed by atoms with Crippen LogP contribution in [0.15, 0.2) is 18.2 Å². The van der Waals surface area contributed by atoms with Crippen LogP contribution in [-0.2, 0) is 0 Å². The number of fused-ring (bicyclic) bond motifs is 1. The summed E-state index contributed by atoms with van der Waals surface area (Å²) in [6.45, 7) is 0. The Morgan fingerprint density at radius 3 is 2.86 bits per heavy atom. The monoisotopic (exact) mass is 210 g/mol. The molecule has 0 aliphatic carbocycles. The molecule has 0 saturated heterocycles. The predicted octanol–water partition coefficient (Wildman–Crippen LogP) is 2.86. The number of aldehydes is 1. The van der Waals surface area contributed by atoms with E-state index in [1.165, 1.54) is 23.5 Å².